The number of carbonyl (C=O) groups is 1. The molecule has 8 heteroatoms. The van der Waals surface area contributed by atoms with Gasteiger partial charge in [-0.15, -0.1) is 11.3 Å². The molecule has 18 heavy (non-hydrogen) atoms. The molecule has 6 nitrogen and oxygen atoms in total. The summed E-state index contributed by atoms with van der Waals surface area (Å²) in [5.74, 6) is 0.833. The van der Waals surface area contributed by atoms with E-state index in [0.29, 0.717) is 24.6 Å². The van der Waals surface area contributed by atoms with E-state index in [0.717, 1.165) is 11.2 Å². The Balaban J connectivity index is 1.99. The van der Waals surface area contributed by atoms with Crippen LogP contribution in [-0.4, -0.2) is 48.7 Å². The molecule has 3 heterocycles. The van der Waals surface area contributed by atoms with E-state index in [4.69, 9.17) is 0 Å². The summed E-state index contributed by atoms with van der Waals surface area (Å²) in [5.41, 5.74) is 0.491. The first-order valence-corrected chi connectivity index (χ1v) is 8.17. The molecule has 0 unspecified atom stereocenters. The highest BCUT2D eigenvalue weighted by Crippen LogP contribution is 2.24. The second-order valence-corrected chi connectivity index (χ2v) is 7.31. The summed E-state index contributed by atoms with van der Waals surface area (Å²) >= 11 is 1.45. The molecule has 1 fully saturated rings. The van der Waals surface area contributed by atoms with Crippen LogP contribution >= 0.6 is 11.3 Å². The van der Waals surface area contributed by atoms with Crippen molar-refractivity contribution in [1.29, 1.82) is 0 Å². The minimum absolute atomic E-state index is 0.122. The molecule has 0 N–H and O–H groups in total. The number of rotatable bonds is 2. The third-order valence-corrected chi connectivity index (χ3v) is 5.40. The fourth-order valence-electron chi connectivity index (χ4n) is 2.06. The van der Waals surface area contributed by atoms with Gasteiger partial charge >= 0.3 is 0 Å². The van der Waals surface area contributed by atoms with Gasteiger partial charge in [0.25, 0.3) is 0 Å². The number of carbonyl (C=O) groups excluding carboxylic acids is 1. The Labute approximate surface area is 108 Å². The van der Waals surface area contributed by atoms with Crippen molar-refractivity contribution >= 4 is 38.2 Å². The number of nitrogens with zero attached hydrogens (tertiary/aromatic N) is 3. The zero-order valence-corrected chi connectivity index (χ0v) is 11.1. The molecule has 2 aromatic heterocycles. The van der Waals surface area contributed by atoms with Crippen LogP contribution in [0, 0.1) is 0 Å². The first-order valence-electron chi connectivity index (χ1n) is 5.47. The average molecular weight is 285 g/mol. The summed E-state index contributed by atoms with van der Waals surface area (Å²) < 4.78 is 24.5. The number of aromatic nitrogens is 2. The number of hydrogen-bond acceptors (Lipinski definition) is 6. The molecule has 1 aliphatic heterocycles. The lowest BCUT2D eigenvalue weighted by atomic mass is 10.4. The molecule has 96 valence electrons. The molecule has 2 aromatic rings. The molecular weight excluding hydrogens is 274 g/mol. The normalized spacial score (nSPS) is 19.2. The fourth-order valence-corrected chi connectivity index (χ4v) is 3.98. The van der Waals surface area contributed by atoms with E-state index in [2.05, 4.69) is 4.98 Å². The van der Waals surface area contributed by atoms with Crippen LogP contribution in [-0.2, 0) is 9.84 Å². The minimum atomic E-state index is -2.92. The molecule has 0 spiro atoms. The van der Waals surface area contributed by atoms with E-state index in [9.17, 15) is 13.2 Å². The van der Waals surface area contributed by atoms with Crippen molar-refractivity contribution in [3.8, 4) is 0 Å². The van der Waals surface area contributed by atoms with Crippen molar-refractivity contribution in [3.63, 3.8) is 0 Å². The van der Waals surface area contributed by atoms with Gasteiger partial charge in [0.15, 0.2) is 26.9 Å². The van der Waals surface area contributed by atoms with E-state index in [1.807, 2.05) is 10.3 Å². The highest BCUT2D eigenvalue weighted by atomic mass is 32.2. The first-order chi connectivity index (χ1) is 8.61. The van der Waals surface area contributed by atoms with Crippen LogP contribution in [0.1, 0.15) is 10.5 Å². The molecule has 0 radical (unpaired) electrons. The van der Waals surface area contributed by atoms with Crippen molar-refractivity contribution < 1.29 is 13.2 Å². The summed E-state index contributed by atoms with van der Waals surface area (Å²) in [5, 5.41) is 1.86. The minimum Gasteiger partial charge on any atom is -0.353 e. The monoisotopic (exact) mass is 285 g/mol. The SMILES string of the molecule is O=Cc1c(N2CCS(=O)(=O)CC2)nc2sccn12. The maximum atomic E-state index is 11.4. The van der Waals surface area contributed by atoms with E-state index in [1.165, 1.54) is 11.3 Å². The second kappa shape index (κ2) is 4.06. The number of hydrogen-bond donors (Lipinski definition) is 0. The van der Waals surface area contributed by atoms with Crippen LogP contribution < -0.4 is 4.90 Å². The fraction of sp³-hybridized carbons (Fsp3) is 0.400. The van der Waals surface area contributed by atoms with Crippen LogP contribution in [0.2, 0.25) is 0 Å². The van der Waals surface area contributed by atoms with Crippen molar-refractivity contribution in [1.82, 2.24) is 9.38 Å². The number of imidazole rings is 1. The summed E-state index contributed by atoms with van der Waals surface area (Å²) in [4.78, 5) is 18.2. The van der Waals surface area contributed by atoms with Gasteiger partial charge in [-0.05, 0) is 0 Å². The van der Waals surface area contributed by atoms with Gasteiger partial charge in [0.2, 0.25) is 0 Å². The van der Waals surface area contributed by atoms with Gasteiger partial charge in [-0.25, -0.2) is 13.4 Å². The molecule has 1 saturated heterocycles. The number of anilines is 1. The van der Waals surface area contributed by atoms with Crippen molar-refractivity contribution in [2.24, 2.45) is 0 Å². The third kappa shape index (κ3) is 1.81. The van der Waals surface area contributed by atoms with Crippen molar-refractivity contribution in [2.75, 3.05) is 29.5 Å². The maximum Gasteiger partial charge on any atom is 0.196 e. The average Bonchev–Trinajstić information content (AvgIpc) is 2.88. The van der Waals surface area contributed by atoms with Crippen LogP contribution in [0.4, 0.5) is 5.82 Å². The van der Waals surface area contributed by atoms with Crippen LogP contribution in [0.5, 0.6) is 0 Å². The predicted molar refractivity (Wildman–Crippen MR) is 69.3 cm³/mol. The number of thiazole rings is 1. The maximum absolute atomic E-state index is 11.4. The van der Waals surface area contributed by atoms with Gasteiger partial charge in [-0.1, -0.05) is 0 Å². The van der Waals surface area contributed by atoms with Crippen molar-refractivity contribution in [2.45, 2.75) is 0 Å². The third-order valence-electron chi connectivity index (χ3n) is 3.04. The van der Waals surface area contributed by atoms with E-state index in [-0.39, 0.29) is 11.5 Å². The van der Waals surface area contributed by atoms with Crippen molar-refractivity contribution in [3.05, 3.63) is 17.3 Å². The molecule has 0 amide bonds. The zero-order chi connectivity index (χ0) is 12.8. The molecule has 3 rings (SSSR count). The van der Waals surface area contributed by atoms with Gasteiger partial charge < -0.3 is 4.90 Å². The van der Waals surface area contributed by atoms with Gasteiger partial charge in [0, 0.05) is 24.7 Å². The molecule has 0 aromatic carbocycles. The Kier molecular flexibility index (Phi) is 2.63. The largest absolute Gasteiger partial charge is 0.353 e. The Morgan fingerprint density at radius 1 is 1.33 bits per heavy atom. The molecule has 0 aliphatic carbocycles. The lowest BCUT2D eigenvalue weighted by Gasteiger charge is -2.26. The topological polar surface area (TPSA) is 71.8 Å². The highest BCUT2D eigenvalue weighted by Gasteiger charge is 2.26. The standard InChI is InChI=1S/C10H11N3O3S2/c14-7-8-9(11-10-13(8)1-4-17-10)12-2-5-18(15,16)6-3-12/h1,4,7H,2-3,5-6H2. The Bertz CT molecular complexity index is 687. The molecule has 0 saturated carbocycles. The molecule has 0 bridgehead atoms. The highest BCUT2D eigenvalue weighted by molar-refractivity contribution is 7.91. The Hall–Kier alpha value is -1.41. The zero-order valence-electron chi connectivity index (χ0n) is 9.44. The van der Waals surface area contributed by atoms with E-state index >= 15 is 0 Å². The van der Waals surface area contributed by atoms with Crippen LogP contribution in [0.15, 0.2) is 11.6 Å². The Morgan fingerprint density at radius 3 is 2.72 bits per heavy atom. The number of aldehydes is 1. The number of sulfone groups is 1. The second-order valence-electron chi connectivity index (χ2n) is 4.13. The lowest BCUT2D eigenvalue weighted by Crippen LogP contribution is -2.40. The van der Waals surface area contributed by atoms with Gasteiger partial charge in [-0.2, -0.15) is 0 Å². The summed E-state index contributed by atoms with van der Waals surface area (Å²) in [6, 6.07) is 0. The predicted octanol–water partition coefficient (Wildman–Crippen LogP) is 0.443. The van der Waals surface area contributed by atoms with Crippen LogP contribution in [0.25, 0.3) is 4.96 Å². The Morgan fingerprint density at radius 2 is 2.06 bits per heavy atom. The molecular formula is C10H11N3O3S2. The van der Waals surface area contributed by atoms with Gasteiger partial charge in [-0.3, -0.25) is 9.20 Å². The van der Waals surface area contributed by atoms with Gasteiger partial charge in [0.05, 0.1) is 11.5 Å². The van der Waals surface area contributed by atoms with E-state index in [1.54, 1.807) is 10.6 Å². The smallest absolute Gasteiger partial charge is 0.196 e. The molecule has 0 atom stereocenters. The van der Waals surface area contributed by atoms with E-state index < -0.39 is 9.84 Å². The lowest BCUT2D eigenvalue weighted by molar-refractivity contribution is 0.111. The summed E-state index contributed by atoms with van der Waals surface area (Å²) in [6.07, 6.45) is 2.56. The summed E-state index contributed by atoms with van der Waals surface area (Å²) in [6.45, 7) is 0.794. The van der Waals surface area contributed by atoms with Gasteiger partial charge in [0.1, 0.15) is 5.69 Å². The quantitative estimate of drug-likeness (QED) is 0.749. The van der Waals surface area contributed by atoms with Crippen LogP contribution in [0.3, 0.4) is 0 Å². The molecule has 1 aliphatic rings. The first kappa shape index (κ1) is 11.7. The summed E-state index contributed by atoms with van der Waals surface area (Å²) in [7, 11) is -2.92. The number of fused-ring (bicyclic) bond motifs is 1.